The van der Waals surface area contributed by atoms with Gasteiger partial charge in [-0.1, -0.05) is 78.5 Å². The van der Waals surface area contributed by atoms with Crippen molar-refractivity contribution >= 4 is 17.7 Å². The Balaban J connectivity index is 1.33. The maximum atomic E-state index is 13.5. The van der Waals surface area contributed by atoms with E-state index in [1.165, 1.54) is 39.7 Å². The number of hydrogen-bond donors (Lipinski definition) is 1. The predicted molar refractivity (Wildman–Crippen MR) is 122 cm³/mol. The van der Waals surface area contributed by atoms with Crippen LogP contribution in [-0.2, 0) is 4.79 Å². The molecule has 0 aliphatic heterocycles. The van der Waals surface area contributed by atoms with Gasteiger partial charge in [-0.05, 0) is 46.2 Å². The molecule has 0 unspecified atom stereocenters. The van der Waals surface area contributed by atoms with Crippen molar-refractivity contribution in [3.63, 3.8) is 0 Å². The first-order valence-electron chi connectivity index (χ1n) is 10.2. The normalized spacial score (nSPS) is 10.9. The molecule has 1 aromatic heterocycles. The van der Waals surface area contributed by atoms with Gasteiger partial charge in [-0.3, -0.25) is 4.79 Å². The van der Waals surface area contributed by atoms with Crippen molar-refractivity contribution < 1.29 is 9.18 Å². The number of aromatic nitrogens is 4. The van der Waals surface area contributed by atoms with Crippen molar-refractivity contribution in [3.8, 4) is 5.69 Å². The average molecular weight is 448 g/mol. The van der Waals surface area contributed by atoms with Gasteiger partial charge in [-0.15, -0.1) is 5.10 Å². The maximum Gasteiger partial charge on any atom is 0.230 e. The number of nitrogens with zero attached hydrogens (tertiary/aromatic N) is 4. The molecule has 1 N–H and O–H groups in total. The number of benzene rings is 3. The fourth-order valence-electron chi connectivity index (χ4n) is 3.47. The van der Waals surface area contributed by atoms with Crippen LogP contribution in [0.15, 0.2) is 90.1 Å². The molecule has 0 aliphatic rings. The highest BCUT2D eigenvalue weighted by atomic mass is 32.2. The SMILES string of the molecule is O=C(CSc1nnnn1-c1cccc(F)c1)NCCC(c1ccccc1)c1ccccc1. The number of carbonyl (C=O) groups is 1. The van der Waals surface area contributed by atoms with Gasteiger partial charge in [0.1, 0.15) is 5.82 Å². The van der Waals surface area contributed by atoms with Gasteiger partial charge < -0.3 is 5.32 Å². The van der Waals surface area contributed by atoms with E-state index in [2.05, 4.69) is 45.1 Å². The number of rotatable bonds is 9. The van der Waals surface area contributed by atoms with Crippen molar-refractivity contribution in [2.24, 2.45) is 0 Å². The zero-order valence-corrected chi connectivity index (χ0v) is 18.1. The van der Waals surface area contributed by atoms with Gasteiger partial charge in [0.25, 0.3) is 0 Å². The third-order valence-electron chi connectivity index (χ3n) is 4.99. The first-order valence-corrected chi connectivity index (χ1v) is 11.2. The quantitative estimate of drug-likeness (QED) is 0.389. The topological polar surface area (TPSA) is 72.7 Å². The third kappa shape index (κ3) is 5.59. The number of thioether (sulfide) groups is 1. The highest BCUT2D eigenvalue weighted by Crippen LogP contribution is 2.27. The standard InChI is InChI=1S/C24H22FN5OS/c25-20-12-7-13-21(16-20)30-24(27-28-29-30)32-17-23(31)26-15-14-22(18-8-3-1-4-9-18)19-10-5-2-6-11-19/h1-13,16,22H,14-15,17H2,(H,26,31). The van der Waals surface area contributed by atoms with Crippen LogP contribution in [0.4, 0.5) is 4.39 Å². The molecule has 0 saturated carbocycles. The van der Waals surface area contributed by atoms with E-state index in [-0.39, 0.29) is 23.4 Å². The highest BCUT2D eigenvalue weighted by molar-refractivity contribution is 7.99. The molecule has 32 heavy (non-hydrogen) atoms. The van der Waals surface area contributed by atoms with Gasteiger partial charge in [-0.25, -0.2) is 4.39 Å². The molecule has 0 fully saturated rings. The van der Waals surface area contributed by atoms with Crippen LogP contribution < -0.4 is 5.32 Å². The van der Waals surface area contributed by atoms with E-state index in [4.69, 9.17) is 0 Å². The summed E-state index contributed by atoms with van der Waals surface area (Å²) in [5.41, 5.74) is 2.94. The second-order valence-electron chi connectivity index (χ2n) is 7.15. The second-order valence-corrected chi connectivity index (χ2v) is 8.10. The Labute approximate surface area is 189 Å². The molecule has 0 spiro atoms. The smallest absolute Gasteiger partial charge is 0.230 e. The summed E-state index contributed by atoms with van der Waals surface area (Å²) in [6.07, 6.45) is 0.783. The molecule has 8 heteroatoms. The summed E-state index contributed by atoms with van der Waals surface area (Å²) in [6.45, 7) is 0.544. The molecular weight excluding hydrogens is 425 g/mol. The minimum Gasteiger partial charge on any atom is -0.355 e. The zero-order valence-electron chi connectivity index (χ0n) is 17.3. The summed E-state index contributed by atoms with van der Waals surface area (Å²) in [7, 11) is 0. The van der Waals surface area contributed by atoms with Crippen molar-refractivity contribution in [3.05, 3.63) is 102 Å². The fourth-order valence-corrected chi connectivity index (χ4v) is 4.19. The lowest BCUT2D eigenvalue weighted by Crippen LogP contribution is -2.27. The summed E-state index contributed by atoms with van der Waals surface area (Å²) in [5.74, 6) is -0.121. The Bertz CT molecular complexity index is 1110. The number of nitrogens with one attached hydrogen (secondary N) is 1. The number of carbonyl (C=O) groups excluding carboxylic acids is 1. The zero-order chi connectivity index (χ0) is 22.2. The van der Waals surface area contributed by atoms with Crippen LogP contribution in [0.2, 0.25) is 0 Å². The van der Waals surface area contributed by atoms with Gasteiger partial charge in [0.15, 0.2) is 0 Å². The minimum atomic E-state index is -0.377. The van der Waals surface area contributed by atoms with Crippen LogP contribution in [0, 0.1) is 5.82 Å². The van der Waals surface area contributed by atoms with Crippen LogP contribution >= 0.6 is 11.8 Å². The molecule has 6 nitrogen and oxygen atoms in total. The molecule has 0 bridgehead atoms. The van der Waals surface area contributed by atoms with Gasteiger partial charge in [-0.2, -0.15) is 4.68 Å². The fraction of sp³-hybridized carbons (Fsp3) is 0.167. The third-order valence-corrected chi connectivity index (χ3v) is 5.90. The summed E-state index contributed by atoms with van der Waals surface area (Å²) in [6, 6.07) is 26.6. The summed E-state index contributed by atoms with van der Waals surface area (Å²) >= 11 is 1.21. The first kappa shape index (κ1) is 21.7. The highest BCUT2D eigenvalue weighted by Gasteiger charge is 2.15. The summed E-state index contributed by atoms with van der Waals surface area (Å²) in [5, 5.41) is 14.9. The molecule has 0 radical (unpaired) electrons. The van der Waals surface area contributed by atoms with E-state index in [0.29, 0.717) is 17.4 Å². The number of amides is 1. The van der Waals surface area contributed by atoms with Crippen LogP contribution in [-0.4, -0.2) is 38.4 Å². The van der Waals surface area contributed by atoms with Crippen LogP contribution in [0.5, 0.6) is 0 Å². The molecule has 162 valence electrons. The molecule has 0 atom stereocenters. The molecule has 4 aromatic rings. The monoisotopic (exact) mass is 447 g/mol. The summed E-state index contributed by atoms with van der Waals surface area (Å²) < 4.78 is 14.9. The van der Waals surface area contributed by atoms with E-state index in [1.807, 2.05) is 36.4 Å². The van der Waals surface area contributed by atoms with Crippen molar-refractivity contribution in [2.75, 3.05) is 12.3 Å². The molecule has 1 heterocycles. The number of halogens is 1. The lowest BCUT2D eigenvalue weighted by Gasteiger charge is -2.18. The largest absolute Gasteiger partial charge is 0.355 e. The average Bonchev–Trinajstić information content (AvgIpc) is 3.30. The lowest BCUT2D eigenvalue weighted by atomic mass is 9.88. The summed E-state index contributed by atoms with van der Waals surface area (Å²) in [4.78, 5) is 12.4. The minimum absolute atomic E-state index is 0.108. The van der Waals surface area contributed by atoms with Crippen molar-refractivity contribution in [1.29, 1.82) is 0 Å². The van der Waals surface area contributed by atoms with Crippen LogP contribution in [0.1, 0.15) is 23.5 Å². The Morgan fingerprint density at radius 3 is 2.31 bits per heavy atom. The number of hydrogen-bond acceptors (Lipinski definition) is 5. The van der Waals surface area contributed by atoms with E-state index in [1.54, 1.807) is 12.1 Å². The van der Waals surface area contributed by atoms with E-state index in [0.717, 1.165) is 6.42 Å². The molecule has 1 amide bonds. The van der Waals surface area contributed by atoms with Crippen LogP contribution in [0.3, 0.4) is 0 Å². The lowest BCUT2D eigenvalue weighted by molar-refractivity contribution is -0.118. The van der Waals surface area contributed by atoms with Gasteiger partial charge in [0, 0.05) is 12.5 Å². The second kappa shape index (κ2) is 10.7. The first-order chi connectivity index (χ1) is 15.7. The van der Waals surface area contributed by atoms with Crippen molar-refractivity contribution in [2.45, 2.75) is 17.5 Å². The van der Waals surface area contributed by atoms with Gasteiger partial charge >= 0.3 is 0 Å². The Morgan fingerprint density at radius 1 is 0.969 bits per heavy atom. The van der Waals surface area contributed by atoms with E-state index < -0.39 is 0 Å². The molecule has 3 aromatic carbocycles. The van der Waals surface area contributed by atoms with E-state index >= 15 is 0 Å². The Morgan fingerprint density at radius 2 is 1.66 bits per heavy atom. The molecular formula is C24H22FN5OS. The Kier molecular flexibility index (Phi) is 7.24. The molecule has 4 rings (SSSR count). The van der Waals surface area contributed by atoms with Gasteiger partial charge in [0.2, 0.25) is 11.1 Å². The van der Waals surface area contributed by atoms with Crippen molar-refractivity contribution in [1.82, 2.24) is 25.5 Å². The Hall–Kier alpha value is -3.52. The van der Waals surface area contributed by atoms with E-state index in [9.17, 15) is 9.18 Å². The maximum absolute atomic E-state index is 13.5. The molecule has 0 aliphatic carbocycles. The van der Waals surface area contributed by atoms with Crippen LogP contribution in [0.25, 0.3) is 5.69 Å². The van der Waals surface area contributed by atoms with Gasteiger partial charge in [0.05, 0.1) is 11.4 Å². The number of tetrazole rings is 1. The molecule has 0 saturated heterocycles. The predicted octanol–water partition coefficient (Wildman–Crippen LogP) is 4.23.